The molecule has 2 aromatic carbocycles. The first-order valence-electron chi connectivity index (χ1n) is 13.5. The van der Waals surface area contributed by atoms with Gasteiger partial charge in [0, 0.05) is 24.7 Å². The summed E-state index contributed by atoms with van der Waals surface area (Å²) in [4.78, 5) is 13.0. The third-order valence-electron chi connectivity index (χ3n) is 9.35. The van der Waals surface area contributed by atoms with E-state index in [1.807, 2.05) is 0 Å². The molecule has 1 saturated heterocycles. The van der Waals surface area contributed by atoms with Gasteiger partial charge in [-0.25, -0.2) is 12.7 Å². The molecule has 1 amide bonds. The minimum atomic E-state index is -3.50. The first-order chi connectivity index (χ1) is 17.7. The number of anilines is 1. The molecule has 8 heteroatoms. The lowest BCUT2D eigenvalue weighted by atomic mass is 9.48. The summed E-state index contributed by atoms with van der Waals surface area (Å²) in [5, 5.41) is 3.83. The van der Waals surface area contributed by atoms with Gasteiger partial charge in [0.05, 0.1) is 15.8 Å². The Morgan fingerprint density at radius 1 is 0.892 bits per heavy atom. The highest BCUT2D eigenvalue weighted by Gasteiger charge is 2.51. The summed E-state index contributed by atoms with van der Waals surface area (Å²) >= 11 is 12.0. The fraction of sp³-hybridized carbons (Fsp3) is 0.552. The molecule has 198 valence electrons. The Balaban J connectivity index is 1.04. The number of hydrogen-bond donors (Lipinski definition) is 1. The van der Waals surface area contributed by atoms with Crippen molar-refractivity contribution in [1.29, 1.82) is 0 Å². The Morgan fingerprint density at radius 2 is 1.49 bits per heavy atom. The molecule has 5 fully saturated rings. The van der Waals surface area contributed by atoms with Crippen LogP contribution in [0, 0.1) is 23.7 Å². The number of nitrogens with zero attached hydrogens (tertiary/aromatic N) is 1. The molecule has 1 aliphatic heterocycles. The van der Waals surface area contributed by atoms with E-state index >= 15 is 0 Å². The maximum absolute atomic E-state index is 13.0. The summed E-state index contributed by atoms with van der Waals surface area (Å²) < 4.78 is 27.3. The molecule has 37 heavy (non-hydrogen) atoms. The molecule has 0 spiro atoms. The molecule has 2 aromatic rings. The van der Waals surface area contributed by atoms with Crippen LogP contribution >= 0.6 is 23.2 Å². The van der Waals surface area contributed by atoms with E-state index in [1.165, 1.54) is 48.4 Å². The highest BCUT2D eigenvalue weighted by atomic mass is 35.5. The first kappa shape index (κ1) is 25.7. The van der Waals surface area contributed by atoms with E-state index in [0.29, 0.717) is 47.0 Å². The fourth-order valence-corrected chi connectivity index (χ4v) is 9.81. The van der Waals surface area contributed by atoms with E-state index in [9.17, 15) is 13.2 Å². The number of amides is 1. The number of carbonyl (C=O) groups is 1. The normalized spacial score (nSPS) is 29.9. The summed E-state index contributed by atoms with van der Waals surface area (Å²) in [6, 6.07) is 13.5. The van der Waals surface area contributed by atoms with Crippen LogP contribution in [0.5, 0.6) is 0 Å². The largest absolute Gasteiger partial charge is 0.326 e. The van der Waals surface area contributed by atoms with Gasteiger partial charge in [0.2, 0.25) is 15.9 Å². The Kier molecular flexibility index (Phi) is 6.84. The van der Waals surface area contributed by atoms with Crippen molar-refractivity contribution in [2.75, 3.05) is 18.4 Å². The monoisotopic (exact) mass is 560 g/mol. The second kappa shape index (κ2) is 9.86. The molecule has 4 bridgehead atoms. The summed E-state index contributed by atoms with van der Waals surface area (Å²) in [5.41, 5.74) is 3.23. The molecule has 1 N–H and O–H groups in total. The van der Waals surface area contributed by atoms with E-state index < -0.39 is 10.0 Å². The zero-order valence-electron chi connectivity index (χ0n) is 21.0. The van der Waals surface area contributed by atoms with E-state index in [1.54, 1.807) is 18.2 Å². The van der Waals surface area contributed by atoms with Gasteiger partial charge < -0.3 is 5.32 Å². The number of sulfonamides is 1. The molecule has 0 atom stereocenters. The van der Waals surface area contributed by atoms with Gasteiger partial charge in [0.15, 0.2) is 0 Å². The number of nitrogens with one attached hydrogen (secondary N) is 1. The quantitative estimate of drug-likeness (QED) is 0.430. The molecule has 0 radical (unpaired) electrons. The van der Waals surface area contributed by atoms with Crippen molar-refractivity contribution in [1.82, 2.24) is 4.31 Å². The second-order valence-corrected chi connectivity index (χ2v) is 14.7. The molecule has 7 rings (SSSR count). The summed E-state index contributed by atoms with van der Waals surface area (Å²) in [5.74, 6) is 2.37. The van der Waals surface area contributed by atoms with Gasteiger partial charge in [0.1, 0.15) is 0 Å². The number of rotatable bonds is 6. The Hall–Kier alpha value is -1.60. The number of benzene rings is 2. The molecule has 0 aromatic heterocycles. The van der Waals surface area contributed by atoms with Crippen LogP contribution in [0.1, 0.15) is 62.5 Å². The molecular weight excluding hydrogens is 527 g/mol. The SMILES string of the molecule is O=C(Nc1ccc(C23CC4CC(CC(C4)C2)C3)cc1)C1CCN(S(=O)(=O)Cc2ccc(Cl)c(Cl)c2)CC1. The maximum Gasteiger partial charge on any atom is 0.227 e. The molecule has 0 unspecified atom stereocenters. The molecular formula is C29H34Cl2N2O3S. The standard InChI is InChI=1S/C29H34Cl2N2O3S/c30-26-6-1-19(14-27(26)31)18-37(35,36)33-9-7-23(8-10-33)28(34)32-25-4-2-24(3-5-25)29-15-20-11-21(16-29)13-22(12-20)17-29/h1-6,14,20-23H,7-13,15-18H2,(H,32,34). The van der Waals surface area contributed by atoms with Crippen LogP contribution in [0.2, 0.25) is 10.0 Å². The van der Waals surface area contributed by atoms with Crippen molar-refractivity contribution in [3.05, 3.63) is 63.6 Å². The zero-order valence-corrected chi connectivity index (χ0v) is 23.3. The van der Waals surface area contributed by atoms with Gasteiger partial charge in [-0.1, -0.05) is 41.4 Å². The van der Waals surface area contributed by atoms with Crippen LogP contribution in [0.3, 0.4) is 0 Å². The third-order valence-corrected chi connectivity index (χ3v) is 11.9. The third kappa shape index (κ3) is 5.19. The average Bonchev–Trinajstić information content (AvgIpc) is 2.86. The van der Waals surface area contributed by atoms with Crippen LogP contribution in [0.15, 0.2) is 42.5 Å². The van der Waals surface area contributed by atoms with Gasteiger partial charge in [-0.2, -0.15) is 0 Å². The van der Waals surface area contributed by atoms with Crippen molar-refractivity contribution in [2.45, 2.75) is 62.5 Å². The summed E-state index contributed by atoms with van der Waals surface area (Å²) in [6.45, 7) is 0.680. The van der Waals surface area contributed by atoms with Crippen molar-refractivity contribution < 1.29 is 13.2 Å². The molecule has 5 nitrogen and oxygen atoms in total. The van der Waals surface area contributed by atoms with Crippen molar-refractivity contribution in [3.63, 3.8) is 0 Å². The highest BCUT2D eigenvalue weighted by Crippen LogP contribution is 2.60. The van der Waals surface area contributed by atoms with Crippen molar-refractivity contribution in [2.24, 2.45) is 23.7 Å². The van der Waals surface area contributed by atoms with E-state index in [0.717, 1.165) is 23.4 Å². The van der Waals surface area contributed by atoms with Crippen LogP contribution in [0.4, 0.5) is 5.69 Å². The lowest BCUT2D eigenvalue weighted by molar-refractivity contribution is -0.120. The highest BCUT2D eigenvalue weighted by molar-refractivity contribution is 7.88. The van der Waals surface area contributed by atoms with Crippen LogP contribution in [-0.2, 0) is 26.0 Å². The number of piperidine rings is 1. The molecule has 4 saturated carbocycles. The fourth-order valence-electron chi connectivity index (χ4n) is 7.94. The number of hydrogen-bond acceptors (Lipinski definition) is 3. The summed E-state index contributed by atoms with van der Waals surface area (Å²) in [7, 11) is -3.50. The van der Waals surface area contributed by atoms with Crippen LogP contribution < -0.4 is 5.32 Å². The van der Waals surface area contributed by atoms with Gasteiger partial charge >= 0.3 is 0 Å². The number of carbonyl (C=O) groups excluding carboxylic acids is 1. The first-order valence-corrected chi connectivity index (χ1v) is 15.9. The summed E-state index contributed by atoms with van der Waals surface area (Å²) in [6.07, 6.45) is 9.32. The maximum atomic E-state index is 13.0. The predicted octanol–water partition coefficient (Wildman–Crippen LogP) is 6.64. The Bertz CT molecular complexity index is 1250. The van der Waals surface area contributed by atoms with E-state index in [-0.39, 0.29) is 17.6 Å². The van der Waals surface area contributed by atoms with E-state index in [4.69, 9.17) is 23.2 Å². The average molecular weight is 562 g/mol. The lowest BCUT2D eigenvalue weighted by Gasteiger charge is -2.57. The molecule has 5 aliphatic rings. The minimum absolute atomic E-state index is 0.0240. The smallest absolute Gasteiger partial charge is 0.227 e. The lowest BCUT2D eigenvalue weighted by Crippen LogP contribution is -2.48. The van der Waals surface area contributed by atoms with Crippen molar-refractivity contribution >= 4 is 44.8 Å². The predicted molar refractivity (Wildman–Crippen MR) is 148 cm³/mol. The number of halogens is 2. The van der Waals surface area contributed by atoms with Crippen molar-refractivity contribution in [3.8, 4) is 0 Å². The van der Waals surface area contributed by atoms with Gasteiger partial charge in [0.25, 0.3) is 0 Å². The topological polar surface area (TPSA) is 66.5 Å². The van der Waals surface area contributed by atoms with E-state index in [2.05, 4.69) is 29.6 Å². The second-order valence-electron chi connectivity index (χ2n) is 11.9. The Morgan fingerprint density at radius 3 is 2.05 bits per heavy atom. The van der Waals surface area contributed by atoms with Crippen LogP contribution in [0.25, 0.3) is 0 Å². The van der Waals surface area contributed by atoms with Gasteiger partial charge in [-0.05, 0) is 110 Å². The molecule has 4 aliphatic carbocycles. The van der Waals surface area contributed by atoms with Gasteiger partial charge in [-0.3, -0.25) is 4.79 Å². The van der Waals surface area contributed by atoms with Crippen LogP contribution in [-0.4, -0.2) is 31.7 Å². The van der Waals surface area contributed by atoms with Gasteiger partial charge in [-0.15, -0.1) is 0 Å². The minimum Gasteiger partial charge on any atom is -0.326 e. The molecule has 1 heterocycles. The zero-order chi connectivity index (χ0) is 25.8. The Labute approximate surface area is 230 Å².